The van der Waals surface area contributed by atoms with Crippen molar-refractivity contribution in [2.45, 2.75) is 66.6 Å². The Morgan fingerprint density at radius 3 is 2.19 bits per heavy atom. The van der Waals surface area contributed by atoms with Crippen molar-refractivity contribution in [1.29, 1.82) is 0 Å². The van der Waals surface area contributed by atoms with E-state index in [1.807, 2.05) is 71.0 Å². The van der Waals surface area contributed by atoms with Crippen LogP contribution in [0.5, 0.6) is 0 Å². The zero-order valence-electron chi connectivity index (χ0n) is 22.7. The first kappa shape index (κ1) is 29.3. The summed E-state index contributed by atoms with van der Waals surface area (Å²) < 4.78 is 28.9. The number of rotatable bonds is 11. The summed E-state index contributed by atoms with van der Waals surface area (Å²) in [5, 5.41) is 2.94. The van der Waals surface area contributed by atoms with Crippen LogP contribution in [0.25, 0.3) is 0 Å². The van der Waals surface area contributed by atoms with Crippen LogP contribution in [0.3, 0.4) is 0 Å². The van der Waals surface area contributed by atoms with Gasteiger partial charge in [0.2, 0.25) is 11.8 Å². The normalized spacial score (nSPS) is 13.2. The third-order valence-corrected chi connectivity index (χ3v) is 8.23. The summed E-state index contributed by atoms with van der Waals surface area (Å²) in [6.07, 6.45) is 0.756. The van der Waals surface area contributed by atoms with Crippen LogP contribution in [-0.2, 0) is 26.3 Å². The molecule has 2 atom stereocenters. The van der Waals surface area contributed by atoms with E-state index in [4.69, 9.17) is 0 Å². The van der Waals surface area contributed by atoms with Crippen molar-refractivity contribution < 1.29 is 18.0 Å². The number of carbonyl (C=O) groups excluding carboxylic acids is 2. The molecule has 36 heavy (non-hydrogen) atoms. The number of nitrogens with zero attached hydrogens (tertiary/aromatic N) is 3. The van der Waals surface area contributed by atoms with Gasteiger partial charge in [0.1, 0.15) is 12.6 Å². The van der Waals surface area contributed by atoms with E-state index < -0.39 is 28.7 Å². The Morgan fingerprint density at radius 1 is 0.972 bits per heavy atom. The van der Waals surface area contributed by atoms with E-state index in [9.17, 15) is 18.0 Å². The minimum absolute atomic E-state index is 0.0454. The van der Waals surface area contributed by atoms with Gasteiger partial charge < -0.3 is 10.2 Å². The monoisotopic (exact) mass is 516 g/mol. The number of hydrogen-bond acceptors (Lipinski definition) is 4. The van der Waals surface area contributed by atoms with Crippen molar-refractivity contribution in [3.63, 3.8) is 0 Å². The van der Waals surface area contributed by atoms with Crippen LogP contribution in [0.15, 0.2) is 42.5 Å². The van der Waals surface area contributed by atoms with Gasteiger partial charge in [0.25, 0.3) is 0 Å². The molecule has 0 saturated carbocycles. The summed E-state index contributed by atoms with van der Waals surface area (Å²) in [7, 11) is -1.12. The number of anilines is 1. The summed E-state index contributed by atoms with van der Waals surface area (Å²) in [5.74, 6) is -0.739. The number of benzene rings is 2. The highest BCUT2D eigenvalue weighted by molar-refractivity contribution is 7.90. The van der Waals surface area contributed by atoms with Crippen molar-refractivity contribution in [2.75, 3.05) is 24.9 Å². The lowest BCUT2D eigenvalue weighted by Gasteiger charge is -2.34. The molecule has 0 fully saturated rings. The zero-order valence-corrected chi connectivity index (χ0v) is 23.5. The molecule has 0 heterocycles. The molecule has 0 unspecified atom stereocenters. The Morgan fingerprint density at radius 2 is 1.61 bits per heavy atom. The number of carbonyl (C=O) groups is 2. The number of aryl methyl sites for hydroxylation is 3. The van der Waals surface area contributed by atoms with Gasteiger partial charge in [-0.2, -0.15) is 12.7 Å². The van der Waals surface area contributed by atoms with E-state index in [0.717, 1.165) is 37.3 Å². The van der Waals surface area contributed by atoms with Gasteiger partial charge in [-0.25, -0.2) is 4.31 Å². The second-order valence-corrected chi connectivity index (χ2v) is 11.6. The molecule has 0 aliphatic heterocycles. The minimum Gasteiger partial charge on any atom is -0.352 e. The van der Waals surface area contributed by atoms with Crippen molar-refractivity contribution >= 4 is 27.7 Å². The largest absolute Gasteiger partial charge is 0.352 e. The van der Waals surface area contributed by atoms with Crippen LogP contribution in [0.2, 0.25) is 0 Å². The van der Waals surface area contributed by atoms with Gasteiger partial charge in [0.05, 0.1) is 5.69 Å². The first-order valence-electron chi connectivity index (χ1n) is 12.2. The van der Waals surface area contributed by atoms with E-state index in [1.165, 1.54) is 19.0 Å². The Hall–Kier alpha value is -2.91. The second-order valence-electron chi connectivity index (χ2n) is 9.53. The summed E-state index contributed by atoms with van der Waals surface area (Å²) >= 11 is 0. The predicted octanol–water partition coefficient (Wildman–Crippen LogP) is 3.56. The molecule has 2 rings (SSSR count). The average molecular weight is 517 g/mol. The molecule has 8 nitrogen and oxygen atoms in total. The molecular formula is C27H40N4O4S. The summed E-state index contributed by atoms with van der Waals surface area (Å²) in [5.41, 5.74) is 3.91. The van der Waals surface area contributed by atoms with Crippen molar-refractivity contribution in [1.82, 2.24) is 14.5 Å². The van der Waals surface area contributed by atoms with Gasteiger partial charge >= 0.3 is 10.2 Å². The maximum Gasteiger partial charge on any atom is 0.304 e. The summed E-state index contributed by atoms with van der Waals surface area (Å²) in [6.45, 7) is 10.9. The molecule has 198 valence electrons. The molecule has 0 aliphatic carbocycles. The Bertz CT molecular complexity index is 1180. The van der Waals surface area contributed by atoms with E-state index in [-0.39, 0.29) is 18.5 Å². The maximum absolute atomic E-state index is 13.8. The SMILES string of the molecule is CC[C@@H](C)NC(=O)[C@H](C)N(Cc1ccccc1C)C(=O)CN(c1cc(C)ccc1C)S(=O)(=O)N(C)C. The lowest BCUT2D eigenvalue weighted by Crippen LogP contribution is -2.53. The fourth-order valence-electron chi connectivity index (χ4n) is 3.71. The molecule has 1 N–H and O–H groups in total. The number of amides is 2. The quantitative estimate of drug-likeness (QED) is 0.495. The maximum atomic E-state index is 13.8. The molecule has 2 amide bonds. The van der Waals surface area contributed by atoms with Crippen LogP contribution in [-0.4, -0.2) is 62.2 Å². The third kappa shape index (κ3) is 7.07. The summed E-state index contributed by atoms with van der Waals surface area (Å²) in [4.78, 5) is 28.3. The van der Waals surface area contributed by atoms with E-state index in [1.54, 1.807) is 13.0 Å². The molecule has 0 bridgehead atoms. The van der Waals surface area contributed by atoms with Crippen molar-refractivity contribution in [2.24, 2.45) is 0 Å². The highest BCUT2D eigenvalue weighted by Gasteiger charge is 2.33. The molecule has 0 radical (unpaired) electrons. The lowest BCUT2D eigenvalue weighted by atomic mass is 10.1. The topological polar surface area (TPSA) is 90.0 Å². The van der Waals surface area contributed by atoms with E-state index in [2.05, 4.69) is 5.32 Å². The first-order chi connectivity index (χ1) is 16.8. The highest BCUT2D eigenvalue weighted by Crippen LogP contribution is 2.26. The van der Waals surface area contributed by atoms with Crippen molar-refractivity contribution in [3.05, 3.63) is 64.7 Å². The van der Waals surface area contributed by atoms with Gasteiger partial charge in [0.15, 0.2) is 0 Å². The van der Waals surface area contributed by atoms with Crippen LogP contribution in [0.4, 0.5) is 5.69 Å². The van der Waals surface area contributed by atoms with Crippen LogP contribution < -0.4 is 9.62 Å². The molecular weight excluding hydrogens is 476 g/mol. The fraction of sp³-hybridized carbons (Fsp3) is 0.481. The van der Waals surface area contributed by atoms with Crippen LogP contribution in [0.1, 0.15) is 49.4 Å². The van der Waals surface area contributed by atoms with Gasteiger partial charge in [-0.3, -0.25) is 9.59 Å². The molecule has 2 aromatic rings. The molecule has 2 aromatic carbocycles. The third-order valence-electron chi connectivity index (χ3n) is 6.42. The second kappa shape index (κ2) is 12.4. The van der Waals surface area contributed by atoms with Gasteiger partial charge in [-0.05, 0) is 69.4 Å². The zero-order chi connectivity index (χ0) is 27.2. The van der Waals surface area contributed by atoms with Gasteiger partial charge in [0, 0.05) is 26.7 Å². The van der Waals surface area contributed by atoms with Crippen LogP contribution in [0, 0.1) is 20.8 Å². The van der Waals surface area contributed by atoms with E-state index in [0.29, 0.717) is 5.69 Å². The Kier molecular flexibility index (Phi) is 10.1. The Balaban J connectivity index is 2.52. The molecule has 0 saturated heterocycles. The highest BCUT2D eigenvalue weighted by atomic mass is 32.2. The predicted molar refractivity (Wildman–Crippen MR) is 145 cm³/mol. The number of hydrogen-bond donors (Lipinski definition) is 1. The van der Waals surface area contributed by atoms with Gasteiger partial charge in [-0.1, -0.05) is 43.3 Å². The molecule has 0 aromatic heterocycles. The molecule has 0 aliphatic rings. The first-order valence-corrected chi connectivity index (χ1v) is 13.6. The fourth-order valence-corrected chi connectivity index (χ4v) is 4.82. The number of nitrogens with one attached hydrogen (secondary N) is 1. The minimum atomic E-state index is -3.99. The standard InChI is InChI=1S/C27H40N4O4S/c1-9-22(5)28-27(33)23(6)30(17-24-13-11-10-12-20(24)3)26(32)18-31(36(34,35)29(7)8)25-16-19(2)14-15-21(25)4/h10-16,22-23H,9,17-18H2,1-8H3,(H,28,33)/t22-,23+/m1/s1. The van der Waals surface area contributed by atoms with Crippen molar-refractivity contribution in [3.8, 4) is 0 Å². The summed E-state index contributed by atoms with van der Waals surface area (Å²) in [6, 6.07) is 12.3. The van der Waals surface area contributed by atoms with Crippen LogP contribution >= 0.6 is 0 Å². The smallest absolute Gasteiger partial charge is 0.304 e. The lowest BCUT2D eigenvalue weighted by molar-refractivity contribution is -0.139. The molecule has 0 spiro atoms. The van der Waals surface area contributed by atoms with Gasteiger partial charge in [-0.15, -0.1) is 0 Å². The van der Waals surface area contributed by atoms with E-state index >= 15 is 0 Å². The molecule has 9 heteroatoms. The Labute approximate surface area is 216 Å². The average Bonchev–Trinajstić information content (AvgIpc) is 2.82.